The minimum atomic E-state index is 0.205. The van der Waals surface area contributed by atoms with Gasteiger partial charge in [0.2, 0.25) is 0 Å². The van der Waals surface area contributed by atoms with Gasteiger partial charge in [0.1, 0.15) is 13.2 Å². The molecule has 1 aromatic carbocycles. The molecule has 0 aromatic heterocycles. The second kappa shape index (κ2) is 4.81. The topological polar surface area (TPSA) is 57.0 Å². The summed E-state index contributed by atoms with van der Waals surface area (Å²) in [5, 5.41) is 0. The Hall–Kier alpha value is -1.62. The Morgan fingerprint density at radius 2 is 1.63 bits per heavy atom. The van der Waals surface area contributed by atoms with Crippen molar-refractivity contribution >= 4 is 11.4 Å². The maximum atomic E-state index is 6.15. The average molecular weight is 264 g/mol. The van der Waals surface area contributed by atoms with Crippen LogP contribution in [0.2, 0.25) is 0 Å². The minimum absolute atomic E-state index is 0.205. The first-order valence-electron chi connectivity index (χ1n) is 6.73. The van der Waals surface area contributed by atoms with Crippen molar-refractivity contribution in [3.05, 3.63) is 12.1 Å². The van der Waals surface area contributed by atoms with Crippen LogP contribution < -0.4 is 20.1 Å². The van der Waals surface area contributed by atoms with Crippen molar-refractivity contribution in [2.45, 2.75) is 26.1 Å². The third-order valence-corrected chi connectivity index (χ3v) is 3.45. The van der Waals surface area contributed by atoms with Crippen molar-refractivity contribution in [3.8, 4) is 11.5 Å². The summed E-state index contributed by atoms with van der Waals surface area (Å²) in [5.41, 5.74) is 7.88. The first kappa shape index (κ1) is 12.4. The number of benzene rings is 1. The van der Waals surface area contributed by atoms with Crippen LogP contribution in [0.3, 0.4) is 0 Å². The fourth-order valence-electron chi connectivity index (χ4n) is 2.74. The molecule has 0 bridgehead atoms. The molecule has 2 aliphatic rings. The van der Waals surface area contributed by atoms with Crippen molar-refractivity contribution in [2.75, 3.05) is 36.9 Å². The monoisotopic (exact) mass is 264 g/mol. The Kier molecular flexibility index (Phi) is 3.14. The summed E-state index contributed by atoms with van der Waals surface area (Å²) in [6, 6.07) is 3.84. The molecule has 5 nitrogen and oxygen atoms in total. The SMILES string of the molecule is C[C@@H]1CN(c2cc3c(cc2N)OCCO3)C[C@H](C)O1. The maximum Gasteiger partial charge on any atom is 0.163 e. The summed E-state index contributed by atoms with van der Waals surface area (Å²) < 4.78 is 16.9. The van der Waals surface area contributed by atoms with Gasteiger partial charge in [-0.2, -0.15) is 0 Å². The zero-order valence-electron chi connectivity index (χ0n) is 11.4. The van der Waals surface area contributed by atoms with Gasteiger partial charge in [-0.05, 0) is 13.8 Å². The number of nitrogens with zero attached hydrogens (tertiary/aromatic N) is 1. The second-order valence-corrected chi connectivity index (χ2v) is 5.22. The van der Waals surface area contributed by atoms with E-state index in [-0.39, 0.29) is 12.2 Å². The fraction of sp³-hybridized carbons (Fsp3) is 0.571. The Morgan fingerprint density at radius 1 is 1.05 bits per heavy atom. The average Bonchev–Trinajstić information content (AvgIpc) is 2.36. The van der Waals surface area contributed by atoms with E-state index in [2.05, 4.69) is 18.7 Å². The largest absolute Gasteiger partial charge is 0.486 e. The zero-order valence-corrected chi connectivity index (χ0v) is 11.4. The van der Waals surface area contributed by atoms with Crippen molar-refractivity contribution in [1.82, 2.24) is 0 Å². The molecule has 19 heavy (non-hydrogen) atoms. The van der Waals surface area contributed by atoms with E-state index < -0.39 is 0 Å². The molecule has 5 heteroatoms. The lowest BCUT2D eigenvalue weighted by atomic mass is 10.1. The van der Waals surface area contributed by atoms with Crippen molar-refractivity contribution in [1.29, 1.82) is 0 Å². The van der Waals surface area contributed by atoms with E-state index in [9.17, 15) is 0 Å². The molecule has 2 aliphatic heterocycles. The molecule has 0 spiro atoms. The van der Waals surface area contributed by atoms with Crippen LogP contribution in [0.5, 0.6) is 11.5 Å². The van der Waals surface area contributed by atoms with E-state index in [1.807, 2.05) is 12.1 Å². The van der Waals surface area contributed by atoms with Crippen molar-refractivity contribution < 1.29 is 14.2 Å². The molecule has 2 heterocycles. The molecular formula is C14H20N2O3. The number of ether oxygens (including phenoxy) is 3. The Bertz CT molecular complexity index is 468. The molecule has 2 atom stereocenters. The van der Waals surface area contributed by atoms with Gasteiger partial charge in [-0.3, -0.25) is 0 Å². The van der Waals surface area contributed by atoms with E-state index in [0.29, 0.717) is 13.2 Å². The number of rotatable bonds is 1. The van der Waals surface area contributed by atoms with Crippen LogP contribution >= 0.6 is 0 Å². The molecule has 0 unspecified atom stereocenters. The molecule has 0 aliphatic carbocycles. The summed E-state index contributed by atoms with van der Waals surface area (Å²) in [7, 11) is 0. The Morgan fingerprint density at radius 3 is 2.26 bits per heavy atom. The highest BCUT2D eigenvalue weighted by Crippen LogP contribution is 2.39. The van der Waals surface area contributed by atoms with Crippen LogP contribution in [0, 0.1) is 0 Å². The number of nitrogen functional groups attached to an aromatic ring is 1. The fourth-order valence-corrected chi connectivity index (χ4v) is 2.74. The minimum Gasteiger partial charge on any atom is -0.486 e. The Labute approximate surface area is 113 Å². The van der Waals surface area contributed by atoms with E-state index >= 15 is 0 Å². The van der Waals surface area contributed by atoms with Gasteiger partial charge >= 0.3 is 0 Å². The molecule has 0 amide bonds. The summed E-state index contributed by atoms with van der Waals surface area (Å²) in [6.45, 7) is 7.01. The molecular weight excluding hydrogens is 244 g/mol. The van der Waals surface area contributed by atoms with Crippen LogP contribution in [0.1, 0.15) is 13.8 Å². The maximum absolute atomic E-state index is 6.15. The normalized spacial score (nSPS) is 26.3. The van der Waals surface area contributed by atoms with Gasteiger partial charge in [0.25, 0.3) is 0 Å². The van der Waals surface area contributed by atoms with Gasteiger partial charge in [-0.25, -0.2) is 0 Å². The van der Waals surface area contributed by atoms with E-state index in [1.165, 1.54) is 0 Å². The number of fused-ring (bicyclic) bond motifs is 1. The quantitative estimate of drug-likeness (QED) is 0.782. The molecule has 1 fully saturated rings. The number of nitrogens with two attached hydrogens (primary N) is 1. The van der Waals surface area contributed by atoms with Gasteiger partial charge in [-0.15, -0.1) is 0 Å². The van der Waals surface area contributed by atoms with E-state index in [1.54, 1.807) is 0 Å². The predicted octanol–water partition coefficient (Wildman–Crippen LogP) is 1.65. The number of hydrogen-bond donors (Lipinski definition) is 1. The first-order chi connectivity index (χ1) is 9.13. The van der Waals surface area contributed by atoms with Gasteiger partial charge in [0.15, 0.2) is 11.5 Å². The van der Waals surface area contributed by atoms with Crippen LogP contribution in [0.4, 0.5) is 11.4 Å². The van der Waals surface area contributed by atoms with Crippen LogP contribution in [0.25, 0.3) is 0 Å². The second-order valence-electron chi connectivity index (χ2n) is 5.22. The molecule has 3 rings (SSSR count). The Balaban J connectivity index is 1.91. The lowest BCUT2D eigenvalue weighted by Gasteiger charge is -2.37. The lowest BCUT2D eigenvalue weighted by molar-refractivity contribution is -0.00519. The van der Waals surface area contributed by atoms with Crippen LogP contribution in [0.15, 0.2) is 12.1 Å². The summed E-state index contributed by atoms with van der Waals surface area (Å²) >= 11 is 0. The van der Waals surface area contributed by atoms with Gasteiger partial charge < -0.3 is 24.8 Å². The molecule has 1 saturated heterocycles. The van der Waals surface area contributed by atoms with Crippen molar-refractivity contribution in [3.63, 3.8) is 0 Å². The van der Waals surface area contributed by atoms with Crippen LogP contribution in [-0.4, -0.2) is 38.5 Å². The summed E-state index contributed by atoms with van der Waals surface area (Å²) in [6.07, 6.45) is 0.410. The molecule has 0 radical (unpaired) electrons. The molecule has 104 valence electrons. The highest BCUT2D eigenvalue weighted by molar-refractivity contribution is 5.73. The zero-order chi connectivity index (χ0) is 13.4. The van der Waals surface area contributed by atoms with E-state index in [4.69, 9.17) is 19.9 Å². The third kappa shape index (κ3) is 2.42. The number of hydrogen-bond acceptors (Lipinski definition) is 5. The van der Waals surface area contributed by atoms with Crippen LogP contribution in [-0.2, 0) is 4.74 Å². The summed E-state index contributed by atoms with van der Waals surface area (Å²) in [4.78, 5) is 2.26. The van der Waals surface area contributed by atoms with E-state index in [0.717, 1.165) is 36.0 Å². The highest BCUT2D eigenvalue weighted by Gasteiger charge is 2.25. The lowest BCUT2D eigenvalue weighted by Crippen LogP contribution is -2.45. The first-order valence-corrected chi connectivity index (χ1v) is 6.73. The third-order valence-electron chi connectivity index (χ3n) is 3.45. The number of anilines is 2. The standard InChI is InChI=1S/C14H20N2O3/c1-9-7-16(8-10(2)19-9)12-6-14-13(5-11(12)15)17-3-4-18-14/h5-6,9-10H,3-4,7-8,15H2,1-2H3/t9-,10+. The van der Waals surface area contributed by atoms with Gasteiger partial charge in [0, 0.05) is 25.2 Å². The molecule has 2 N–H and O–H groups in total. The smallest absolute Gasteiger partial charge is 0.163 e. The highest BCUT2D eigenvalue weighted by atomic mass is 16.6. The number of morpholine rings is 1. The summed E-state index contributed by atoms with van der Waals surface area (Å²) in [5.74, 6) is 1.52. The van der Waals surface area contributed by atoms with Gasteiger partial charge in [-0.1, -0.05) is 0 Å². The molecule has 1 aromatic rings. The predicted molar refractivity (Wildman–Crippen MR) is 74.1 cm³/mol. The molecule has 0 saturated carbocycles. The van der Waals surface area contributed by atoms with Gasteiger partial charge in [0.05, 0.1) is 23.6 Å². The van der Waals surface area contributed by atoms with Crippen molar-refractivity contribution in [2.24, 2.45) is 0 Å².